The lowest BCUT2D eigenvalue weighted by Crippen LogP contribution is -2.15. The lowest BCUT2D eigenvalue weighted by molar-refractivity contribution is 0.654. The summed E-state index contributed by atoms with van der Waals surface area (Å²) in [6, 6.07) is 0. The van der Waals surface area contributed by atoms with Crippen molar-refractivity contribution >= 4 is 11.4 Å². The Morgan fingerprint density at radius 3 is 2.58 bits per heavy atom. The van der Waals surface area contributed by atoms with Gasteiger partial charge in [-0.15, -0.1) is 0 Å². The first-order valence-corrected chi connectivity index (χ1v) is 4.16. The monoisotopic (exact) mass is 162 g/mol. The molecule has 1 aliphatic rings. The molecule has 0 unspecified atom stereocenters. The van der Waals surface area contributed by atoms with E-state index in [1.807, 2.05) is 12.2 Å². The van der Waals surface area contributed by atoms with Crippen LogP contribution in [-0.2, 0) is 0 Å². The van der Waals surface area contributed by atoms with Gasteiger partial charge in [0.25, 0.3) is 0 Å². The van der Waals surface area contributed by atoms with E-state index in [-0.39, 0.29) is 0 Å². The van der Waals surface area contributed by atoms with E-state index in [9.17, 15) is 0 Å². The molecule has 0 spiro atoms. The normalized spacial score (nSPS) is 17.1. The second-order valence-corrected chi connectivity index (χ2v) is 3.44. The zero-order valence-electron chi connectivity index (χ0n) is 7.52. The summed E-state index contributed by atoms with van der Waals surface area (Å²) in [5.41, 5.74) is 1.69. The van der Waals surface area contributed by atoms with E-state index in [0.717, 1.165) is 12.0 Å². The molecule has 0 radical (unpaired) electrons. The van der Waals surface area contributed by atoms with Crippen molar-refractivity contribution < 1.29 is 0 Å². The lowest BCUT2D eigenvalue weighted by atomic mass is 9.93. The quantitative estimate of drug-likeness (QED) is 0.586. The highest BCUT2D eigenvalue weighted by Crippen LogP contribution is 2.15. The second-order valence-electron chi connectivity index (χ2n) is 3.44. The molecule has 1 aliphatic carbocycles. The van der Waals surface area contributed by atoms with E-state index in [1.165, 1.54) is 0 Å². The Kier molecular flexibility index (Phi) is 2.58. The molecule has 2 heteroatoms. The fraction of sp³-hybridized carbons (Fsp3) is 0.400. The first-order valence-electron chi connectivity index (χ1n) is 4.16. The molecule has 12 heavy (non-hydrogen) atoms. The standard InChI is InChI=1S/C10H14N2/c1-7(2)6-8-4-3-5-9(11)10(8)12/h3-5,7,11-12H,6H2,1-2H3. The van der Waals surface area contributed by atoms with Crippen LogP contribution in [0.4, 0.5) is 0 Å². The highest BCUT2D eigenvalue weighted by molar-refractivity contribution is 6.50. The van der Waals surface area contributed by atoms with Gasteiger partial charge in [0.1, 0.15) is 0 Å². The molecule has 2 N–H and O–H groups in total. The number of hydrogen-bond acceptors (Lipinski definition) is 2. The van der Waals surface area contributed by atoms with Crippen molar-refractivity contribution in [3.05, 3.63) is 23.8 Å². The topological polar surface area (TPSA) is 47.7 Å². The maximum absolute atomic E-state index is 7.60. The van der Waals surface area contributed by atoms with E-state index in [0.29, 0.717) is 17.3 Å². The van der Waals surface area contributed by atoms with Gasteiger partial charge < -0.3 is 0 Å². The molecule has 0 atom stereocenters. The third-order valence-corrected chi connectivity index (χ3v) is 1.78. The lowest BCUT2D eigenvalue weighted by Gasteiger charge is -2.12. The predicted octanol–water partition coefficient (Wildman–Crippen LogP) is 2.57. The van der Waals surface area contributed by atoms with Crippen LogP contribution in [0.25, 0.3) is 0 Å². The Hall–Kier alpha value is -1.18. The van der Waals surface area contributed by atoms with Gasteiger partial charge in [0.05, 0.1) is 11.4 Å². The van der Waals surface area contributed by atoms with Crippen molar-refractivity contribution in [3.8, 4) is 0 Å². The summed E-state index contributed by atoms with van der Waals surface area (Å²) in [5.74, 6) is 0.552. The third kappa shape index (κ3) is 1.91. The van der Waals surface area contributed by atoms with E-state index >= 15 is 0 Å². The van der Waals surface area contributed by atoms with Crippen LogP contribution in [-0.4, -0.2) is 11.4 Å². The van der Waals surface area contributed by atoms with Crippen LogP contribution in [0, 0.1) is 16.7 Å². The fourth-order valence-corrected chi connectivity index (χ4v) is 1.21. The zero-order chi connectivity index (χ0) is 9.14. The molecule has 0 aromatic heterocycles. The van der Waals surface area contributed by atoms with Gasteiger partial charge in [-0.2, -0.15) is 0 Å². The SMILES string of the molecule is CC(C)CC1=CC=CC(=N)C1=N. The van der Waals surface area contributed by atoms with Crippen LogP contribution < -0.4 is 0 Å². The van der Waals surface area contributed by atoms with Crippen LogP contribution in [0.1, 0.15) is 20.3 Å². The van der Waals surface area contributed by atoms with Gasteiger partial charge >= 0.3 is 0 Å². The molecule has 0 fully saturated rings. The fourth-order valence-electron chi connectivity index (χ4n) is 1.21. The van der Waals surface area contributed by atoms with Gasteiger partial charge in [-0.3, -0.25) is 10.8 Å². The molecule has 0 bridgehead atoms. The molecular weight excluding hydrogens is 148 g/mol. The highest BCUT2D eigenvalue weighted by Gasteiger charge is 2.12. The summed E-state index contributed by atoms with van der Waals surface area (Å²) in [7, 11) is 0. The number of allylic oxidation sites excluding steroid dienone is 4. The Balaban J connectivity index is 2.76. The van der Waals surface area contributed by atoms with Crippen molar-refractivity contribution in [3.63, 3.8) is 0 Å². The molecule has 1 rings (SSSR count). The van der Waals surface area contributed by atoms with Crippen LogP contribution in [0.3, 0.4) is 0 Å². The minimum Gasteiger partial charge on any atom is -0.299 e. The largest absolute Gasteiger partial charge is 0.299 e. The van der Waals surface area contributed by atoms with Crippen LogP contribution in [0.5, 0.6) is 0 Å². The van der Waals surface area contributed by atoms with Crippen molar-refractivity contribution in [2.75, 3.05) is 0 Å². The van der Waals surface area contributed by atoms with Gasteiger partial charge in [-0.05, 0) is 24.0 Å². The first-order chi connectivity index (χ1) is 5.61. The molecule has 0 heterocycles. The zero-order valence-corrected chi connectivity index (χ0v) is 7.52. The highest BCUT2D eigenvalue weighted by atomic mass is 14.5. The summed E-state index contributed by atoms with van der Waals surface area (Å²) in [6.07, 6.45) is 6.33. The minimum atomic E-state index is 0.327. The third-order valence-electron chi connectivity index (χ3n) is 1.78. The summed E-state index contributed by atoms with van der Waals surface area (Å²) in [5, 5.41) is 15.0. The molecule has 0 saturated heterocycles. The van der Waals surface area contributed by atoms with Crippen molar-refractivity contribution in [1.29, 1.82) is 10.8 Å². The van der Waals surface area contributed by atoms with E-state index < -0.39 is 0 Å². The molecule has 0 aromatic rings. The average Bonchev–Trinajstić information content (AvgIpc) is 1.98. The van der Waals surface area contributed by atoms with E-state index in [1.54, 1.807) is 6.08 Å². The van der Waals surface area contributed by atoms with Crippen molar-refractivity contribution in [2.45, 2.75) is 20.3 Å². The summed E-state index contributed by atoms with van der Waals surface area (Å²) in [6.45, 7) is 4.24. The number of rotatable bonds is 2. The maximum Gasteiger partial charge on any atom is 0.0821 e. The Morgan fingerprint density at radius 1 is 1.33 bits per heavy atom. The van der Waals surface area contributed by atoms with E-state index in [4.69, 9.17) is 10.8 Å². The molecule has 0 aromatic carbocycles. The predicted molar refractivity (Wildman–Crippen MR) is 52.1 cm³/mol. The van der Waals surface area contributed by atoms with Crippen LogP contribution >= 0.6 is 0 Å². The smallest absolute Gasteiger partial charge is 0.0821 e. The molecule has 0 aliphatic heterocycles. The van der Waals surface area contributed by atoms with Gasteiger partial charge in [0, 0.05) is 0 Å². The Bertz CT molecular complexity index is 270. The molecule has 0 saturated carbocycles. The summed E-state index contributed by atoms with van der Waals surface area (Å²) >= 11 is 0. The molecule has 0 amide bonds. The van der Waals surface area contributed by atoms with Gasteiger partial charge in [-0.1, -0.05) is 26.0 Å². The van der Waals surface area contributed by atoms with Crippen molar-refractivity contribution in [2.24, 2.45) is 5.92 Å². The van der Waals surface area contributed by atoms with E-state index in [2.05, 4.69) is 13.8 Å². The van der Waals surface area contributed by atoms with Gasteiger partial charge in [-0.25, -0.2) is 0 Å². The van der Waals surface area contributed by atoms with Crippen molar-refractivity contribution in [1.82, 2.24) is 0 Å². The van der Waals surface area contributed by atoms with Gasteiger partial charge in [0.15, 0.2) is 0 Å². The molecule has 64 valence electrons. The Morgan fingerprint density at radius 2 is 2.00 bits per heavy atom. The minimum absolute atomic E-state index is 0.327. The second kappa shape index (κ2) is 3.48. The summed E-state index contributed by atoms with van der Waals surface area (Å²) in [4.78, 5) is 0. The molecular formula is C10H14N2. The van der Waals surface area contributed by atoms with Crippen LogP contribution in [0.15, 0.2) is 23.8 Å². The molecule has 2 nitrogen and oxygen atoms in total. The Labute approximate surface area is 73.0 Å². The number of nitrogens with one attached hydrogen (secondary N) is 2. The average molecular weight is 162 g/mol. The van der Waals surface area contributed by atoms with Crippen LogP contribution in [0.2, 0.25) is 0 Å². The number of hydrogen-bond donors (Lipinski definition) is 2. The maximum atomic E-state index is 7.60. The summed E-state index contributed by atoms with van der Waals surface area (Å²) < 4.78 is 0. The van der Waals surface area contributed by atoms with Gasteiger partial charge in [0.2, 0.25) is 0 Å². The first kappa shape index (κ1) is 8.91.